The van der Waals surface area contributed by atoms with Crippen LogP contribution in [0.4, 0.5) is 0 Å². The first-order valence-electron chi connectivity index (χ1n) is 11.1. The molecule has 0 saturated carbocycles. The number of hydrogen-bond acceptors (Lipinski definition) is 8. The summed E-state index contributed by atoms with van der Waals surface area (Å²) in [4.78, 5) is 39.1. The van der Waals surface area contributed by atoms with Crippen molar-refractivity contribution in [1.82, 2.24) is 5.32 Å². The van der Waals surface area contributed by atoms with Crippen LogP contribution in [0.25, 0.3) is 0 Å². The molecule has 1 aromatic heterocycles. The average molecular weight is 482 g/mol. The summed E-state index contributed by atoms with van der Waals surface area (Å²) in [5.74, 6) is -0.966. The van der Waals surface area contributed by atoms with Crippen molar-refractivity contribution in [2.45, 2.75) is 38.5 Å². The molecule has 0 radical (unpaired) electrons. The molecule has 1 aliphatic heterocycles. The van der Waals surface area contributed by atoms with E-state index in [1.165, 1.54) is 18.9 Å². The summed E-state index contributed by atoms with van der Waals surface area (Å²) >= 11 is 1.65. The largest absolute Gasteiger partial charge is 0.460 e. The number of carbonyl (C=O) groups is 3. The minimum absolute atomic E-state index is 0.0101. The van der Waals surface area contributed by atoms with Gasteiger partial charge in [0.15, 0.2) is 5.78 Å². The summed E-state index contributed by atoms with van der Waals surface area (Å²) < 4.78 is 15.6. The highest BCUT2D eigenvalue weighted by Gasteiger charge is 2.41. The van der Waals surface area contributed by atoms with E-state index in [0.717, 1.165) is 11.3 Å². The molecule has 0 amide bonds. The van der Waals surface area contributed by atoms with E-state index < -0.39 is 17.9 Å². The minimum Gasteiger partial charge on any atom is -0.460 e. The Morgan fingerprint density at radius 1 is 1.12 bits per heavy atom. The van der Waals surface area contributed by atoms with Crippen molar-refractivity contribution in [1.29, 1.82) is 0 Å². The van der Waals surface area contributed by atoms with Gasteiger partial charge in [-0.15, -0.1) is 11.3 Å². The van der Waals surface area contributed by atoms with Gasteiger partial charge in [0.25, 0.3) is 0 Å². The zero-order valence-electron chi connectivity index (χ0n) is 19.4. The highest BCUT2D eigenvalue weighted by molar-refractivity contribution is 7.10. The fourth-order valence-corrected chi connectivity index (χ4v) is 5.39. The third kappa shape index (κ3) is 4.98. The summed E-state index contributed by atoms with van der Waals surface area (Å²) in [6.07, 6.45) is 1.07. The molecule has 0 bridgehead atoms. The Bertz CT molecular complexity index is 1150. The van der Waals surface area contributed by atoms with Crippen molar-refractivity contribution in [3.8, 4) is 5.75 Å². The highest BCUT2D eigenvalue weighted by Crippen LogP contribution is 2.46. The van der Waals surface area contributed by atoms with Gasteiger partial charge in [-0.1, -0.05) is 18.2 Å². The smallest absolute Gasteiger partial charge is 0.336 e. The van der Waals surface area contributed by atoms with E-state index in [0.29, 0.717) is 35.4 Å². The Morgan fingerprint density at radius 3 is 2.53 bits per heavy atom. The van der Waals surface area contributed by atoms with Gasteiger partial charge >= 0.3 is 11.9 Å². The second-order valence-electron chi connectivity index (χ2n) is 8.32. The van der Waals surface area contributed by atoms with Gasteiger partial charge in [-0.05, 0) is 42.5 Å². The van der Waals surface area contributed by atoms with Gasteiger partial charge in [0.05, 0.1) is 12.2 Å². The number of hydrogen-bond donors (Lipinski definition) is 1. The summed E-state index contributed by atoms with van der Waals surface area (Å²) in [5.41, 5.74) is 3.26. The molecule has 2 atom stereocenters. The number of allylic oxidation sites excluding steroid dienone is 3. The van der Waals surface area contributed by atoms with Gasteiger partial charge in [-0.3, -0.25) is 9.59 Å². The van der Waals surface area contributed by atoms with Crippen molar-refractivity contribution in [3.63, 3.8) is 0 Å². The van der Waals surface area contributed by atoms with E-state index in [1.54, 1.807) is 35.6 Å². The second kappa shape index (κ2) is 10.4. The van der Waals surface area contributed by atoms with Gasteiger partial charge in [-0.25, -0.2) is 4.79 Å². The molecule has 4 rings (SSSR count). The third-order valence-electron chi connectivity index (χ3n) is 5.99. The number of nitrogens with one attached hydrogen (secondary N) is 1. The summed E-state index contributed by atoms with van der Waals surface area (Å²) in [6, 6.07) is 11.0. The number of methoxy groups -OCH3 is 1. The fraction of sp³-hybridized carbons (Fsp3) is 0.346. The first-order valence-corrected chi connectivity index (χ1v) is 12.0. The van der Waals surface area contributed by atoms with Crippen LogP contribution in [0.15, 0.2) is 64.3 Å². The highest BCUT2D eigenvalue weighted by atomic mass is 32.1. The second-order valence-corrected chi connectivity index (χ2v) is 9.30. The van der Waals surface area contributed by atoms with E-state index in [-0.39, 0.29) is 24.9 Å². The number of rotatable bonds is 7. The third-order valence-corrected chi connectivity index (χ3v) is 7.02. The quantitative estimate of drug-likeness (QED) is 0.360. The molecule has 7 nitrogen and oxygen atoms in total. The predicted molar refractivity (Wildman–Crippen MR) is 127 cm³/mol. The maximum absolute atomic E-state index is 13.5. The topological polar surface area (TPSA) is 90.9 Å². The lowest BCUT2D eigenvalue weighted by atomic mass is 9.72. The Morgan fingerprint density at radius 2 is 1.88 bits per heavy atom. The van der Waals surface area contributed by atoms with Crippen molar-refractivity contribution in [3.05, 3.63) is 74.8 Å². The summed E-state index contributed by atoms with van der Waals surface area (Å²) in [5, 5.41) is 5.36. The van der Waals surface area contributed by atoms with Gasteiger partial charge < -0.3 is 19.5 Å². The Balaban J connectivity index is 1.73. The average Bonchev–Trinajstić information content (AvgIpc) is 3.33. The van der Waals surface area contributed by atoms with Crippen LogP contribution in [0.5, 0.6) is 5.75 Å². The maximum Gasteiger partial charge on any atom is 0.336 e. The minimum atomic E-state index is -0.575. The monoisotopic (exact) mass is 481 g/mol. The zero-order valence-corrected chi connectivity index (χ0v) is 20.2. The van der Waals surface area contributed by atoms with Crippen LogP contribution in [0, 0.1) is 0 Å². The van der Waals surface area contributed by atoms with Crippen molar-refractivity contribution in [2.24, 2.45) is 0 Å². The standard InChI is InChI=1S/C26H27NO6S/c1-15-23(26(30)32-11-10-31-3)24(17-6-8-19(9-7-17)33-16(2)28)25-20(27-15)13-18(14-21(25)29)22-5-4-12-34-22/h4-9,12,18,24,27H,10-11,13-14H2,1-3H3/t18-,24-/m1/s1. The van der Waals surface area contributed by atoms with Crippen LogP contribution < -0.4 is 10.1 Å². The van der Waals surface area contributed by atoms with Crippen LogP contribution in [0.3, 0.4) is 0 Å². The lowest BCUT2D eigenvalue weighted by Crippen LogP contribution is -2.36. The molecule has 1 N–H and O–H groups in total. The molecular formula is C26H27NO6S. The van der Waals surface area contributed by atoms with Gasteiger partial charge in [0, 0.05) is 54.1 Å². The molecular weight excluding hydrogens is 454 g/mol. The van der Waals surface area contributed by atoms with Crippen LogP contribution in [0.2, 0.25) is 0 Å². The summed E-state index contributed by atoms with van der Waals surface area (Å²) in [6.45, 7) is 3.56. The van der Waals surface area contributed by atoms with E-state index in [9.17, 15) is 14.4 Å². The van der Waals surface area contributed by atoms with Crippen LogP contribution in [-0.2, 0) is 23.9 Å². The van der Waals surface area contributed by atoms with E-state index in [2.05, 4.69) is 11.4 Å². The number of benzene rings is 1. The molecule has 0 fully saturated rings. The first kappa shape index (κ1) is 23.9. The van der Waals surface area contributed by atoms with Gasteiger partial charge in [-0.2, -0.15) is 0 Å². The number of Topliss-reactive ketones (excluding diaryl/α,β-unsaturated/α-hetero) is 1. The Kier molecular flexibility index (Phi) is 7.29. The van der Waals surface area contributed by atoms with Gasteiger partial charge in [0.1, 0.15) is 12.4 Å². The van der Waals surface area contributed by atoms with E-state index in [4.69, 9.17) is 14.2 Å². The Labute approximate surface area is 202 Å². The molecule has 2 aromatic rings. The van der Waals surface area contributed by atoms with E-state index in [1.807, 2.05) is 18.4 Å². The molecule has 34 heavy (non-hydrogen) atoms. The fourth-order valence-electron chi connectivity index (χ4n) is 4.56. The lowest BCUT2D eigenvalue weighted by molar-refractivity contribution is -0.140. The molecule has 0 spiro atoms. The number of esters is 2. The molecule has 8 heteroatoms. The number of dihydropyridines is 1. The van der Waals surface area contributed by atoms with Crippen LogP contribution >= 0.6 is 11.3 Å². The SMILES string of the molecule is COCCOC(=O)C1=C(C)NC2=C(C(=O)C[C@H](c3cccs3)C2)[C@@H]1c1ccc(OC(C)=O)cc1. The zero-order chi connectivity index (χ0) is 24.2. The number of thiophene rings is 1. The number of carbonyl (C=O) groups excluding carboxylic acids is 3. The molecule has 0 unspecified atom stereocenters. The molecule has 1 aliphatic carbocycles. The van der Waals surface area contributed by atoms with Crippen molar-refractivity contribution >= 4 is 29.1 Å². The molecule has 1 aromatic carbocycles. The number of ketones is 1. The maximum atomic E-state index is 13.5. The molecule has 2 heterocycles. The first-order chi connectivity index (χ1) is 16.4. The Hall–Kier alpha value is -3.23. The summed E-state index contributed by atoms with van der Waals surface area (Å²) in [7, 11) is 1.54. The molecule has 2 aliphatic rings. The van der Waals surface area contributed by atoms with Crippen LogP contribution in [-0.4, -0.2) is 38.0 Å². The van der Waals surface area contributed by atoms with Crippen molar-refractivity contribution < 1.29 is 28.6 Å². The number of ether oxygens (including phenoxy) is 3. The molecule has 178 valence electrons. The molecule has 0 saturated heterocycles. The van der Waals surface area contributed by atoms with E-state index >= 15 is 0 Å². The van der Waals surface area contributed by atoms with Gasteiger partial charge in [0.2, 0.25) is 0 Å². The van der Waals surface area contributed by atoms with Crippen LogP contribution in [0.1, 0.15) is 49.0 Å². The normalized spacial score (nSPS) is 20.0. The van der Waals surface area contributed by atoms with Crippen molar-refractivity contribution in [2.75, 3.05) is 20.3 Å². The predicted octanol–water partition coefficient (Wildman–Crippen LogP) is 4.22. The lowest BCUT2D eigenvalue weighted by Gasteiger charge is -2.36.